The molecule has 3 aromatic carbocycles. The fraction of sp³-hybridized carbons (Fsp3) is 0.258. The van der Waals surface area contributed by atoms with Crippen molar-refractivity contribution in [2.24, 2.45) is 5.92 Å². The average molecular weight is 574 g/mol. The molecule has 9 nitrogen and oxygen atoms in total. The molecule has 0 aromatic heterocycles. The number of hydrogen-bond donors (Lipinski definition) is 2. The summed E-state index contributed by atoms with van der Waals surface area (Å²) in [5, 5.41) is 15.0. The molecule has 42 heavy (non-hydrogen) atoms. The summed E-state index contributed by atoms with van der Waals surface area (Å²) < 4.78 is 27.5. The van der Waals surface area contributed by atoms with E-state index >= 15 is 0 Å². The second-order valence-corrected chi connectivity index (χ2v) is 10.1. The van der Waals surface area contributed by atoms with Gasteiger partial charge in [0.2, 0.25) is 17.7 Å². The molecule has 1 aliphatic heterocycles. The maximum Gasteiger partial charge on any atom is 0.251 e. The van der Waals surface area contributed by atoms with E-state index in [9.17, 15) is 33.2 Å². The fourth-order valence-electron chi connectivity index (χ4n) is 4.79. The number of amides is 4. The second-order valence-electron chi connectivity index (χ2n) is 10.1. The number of hydrogen-bond acceptors (Lipinski definition) is 5. The van der Waals surface area contributed by atoms with Crippen molar-refractivity contribution in [1.82, 2.24) is 15.1 Å². The lowest BCUT2D eigenvalue weighted by molar-refractivity contribution is -0.140. The van der Waals surface area contributed by atoms with Gasteiger partial charge in [-0.25, -0.2) is 8.78 Å². The number of carbonyl (C=O) groups is 4. The van der Waals surface area contributed by atoms with Crippen molar-refractivity contribution < 1.29 is 28.0 Å². The Kier molecular flexibility index (Phi) is 9.27. The Balaban J connectivity index is 1.34. The summed E-state index contributed by atoms with van der Waals surface area (Å²) in [5.41, 5.74) is 1.24. The van der Waals surface area contributed by atoms with E-state index in [1.807, 2.05) is 6.07 Å². The zero-order chi connectivity index (χ0) is 30.4. The quantitative estimate of drug-likeness (QED) is 0.427. The largest absolute Gasteiger partial charge is 0.341 e. The van der Waals surface area contributed by atoms with Gasteiger partial charge in [-0.2, -0.15) is 5.26 Å². The molecule has 1 fully saturated rings. The summed E-state index contributed by atoms with van der Waals surface area (Å²) in [6.07, 6.45) is 0.173. The van der Waals surface area contributed by atoms with Crippen molar-refractivity contribution in [3.05, 3.63) is 90.0 Å². The Hall–Kier alpha value is -5.11. The van der Waals surface area contributed by atoms with Crippen LogP contribution < -0.4 is 10.6 Å². The molecule has 3 atom stereocenters. The van der Waals surface area contributed by atoms with Crippen molar-refractivity contribution >= 4 is 29.3 Å². The molecule has 0 spiro atoms. The van der Waals surface area contributed by atoms with Crippen LogP contribution in [0.3, 0.4) is 0 Å². The Morgan fingerprint density at radius 2 is 1.79 bits per heavy atom. The highest BCUT2D eigenvalue weighted by molar-refractivity contribution is 5.99. The Bertz CT molecular complexity index is 1540. The molecule has 4 rings (SSSR count). The third-order valence-electron chi connectivity index (χ3n) is 7.02. The summed E-state index contributed by atoms with van der Waals surface area (Å²) in [6.45, 7) is 1.14. The molecule has 1 saturated heterocycles. The first-order valence-electron chi connectivity index (χ1n) is 13.2. The highest BCUT2D eigenvalue weighted by Crippen LogP contribution is 2.26. The number of likely N-dealkylation sites (N-methyl/N-ethyl adjacent to an activating group) is 1. The van der Waals surface area contributed by atoms with E-state index in [2.05, 4.69) is 16.7 Å². The van der Waals surface area contributed by atoms with Gasteiger partial charge in [-0.3, -0.25) is 19.2 Å². The normalized spacial score (nSPS) is 16.7. The summed E-state index contributed by atoms with van der Waals surface area (Å²) in [4.78, 5) is 54.0. The number of para-hydroxylation sites is 1. The Morgan fingerprint density at radius 3 is 2.48 bits per heavy atom. The first-order chi connectivity index (χ1) is 20.1. The number of carbonyl (C=O) groups excluding carboxylic acids is 4. The van der Waals surface area contributed by atoms with Crippen LogP contribution in [0.1, 0.15) is 23.7 Å². The van der Waals surface area contributed by atoms with E-state index in [1.165, 1.54) is 37.1 Å². The number of rotatable bonds is 8. The van der Waals surface area contributed by atoms with Crippen LogP contribution in [0.25, 0.3) is 11.1 Å². The summed E-state index contributed by atoms with van der Waals surface area (Å²) >= 11 is 0. The lowest BCUT2D eigenvalue weighted by Crippen LogP contribution is -2.49. The van der Waals surface area contributed by atoms with Gasteiger partial charge in [-0.1, -0.05) is 30.3 Å². The van der Waals surface area contributed by atoms with Gasteiger partial charge in [-0.05, 0) is 55.3 Å². The van der Waals surface area contributed by atoms with Crippen LogP contribution in [-0.4, -0.2) is 65.6 Å². The number of anilines is 1. The van der Waals surface area contributed by atoms with E-state index in [0.29, 0.717) is 11.3 Å². The zero-order valence-electron chi connectivity index (χ0n) is 23.0. The van der Waals surface area contributed by atoms with Crippen LogP contribution in [0, 0.1) is 28.9 Å². The van der Waals surface area contributed by atoms with E-state index in [1.54, 1.807) is 36.4 Å². The molecule has 0 aliphatic carbocycles. The van der Waals surface area contributed by atoms with E-state index in [0.717, 1.165) is 17.0 Å². The van der Waals surface area contributed by atoms with Gasteiger partial charge in [0.1, 0.15) is 23.7 Å². The van der Waals surface area contributed by atoms with Crippen LogP contribution in [0.4, 0.5) is 14.5 Å². The predicted octanol–water partition coefficient (Wildman–Crippen LogP) is 3.59. The van der Waals surface area contributed by atoms with Gasteiger partial charge in [0.05, 0.1) is 18.5 Å². The van der Waals surface area contributed by atoms with Gasteiger partial charge >= 0.3 is 0 Å². The minimum atomic E-state index is -1.02. The first-order valence-corrected chi connectivity index (χ1v) is 13.2. The molecular formula is C31H29F2N5O4. The van der Waals surface area contributed by atoms with Crippen LogP contribution in [0.5, 0.6) is 0 Å². The highest BCUT2D eigenvalue weighted by Gasteiger charge is 2.39. The standard InChI is InChI=1S/C31H29F2N5O4/c1-19(35-29(40)21-8-6-7-20(13-21)26-12-11-23(32)15-27(26)33)31(42)37(2)18-28(39)38-17-22(14-25(38)16-34)30(41)36-24-9-4-3-5-10-24/h3-13,15,19,22,25H,14,17-18H2,1-2H3,(H,35,40)(H,36,41). The molecule has 3 unspecified atom stereocenters. The molecular weight excluding hydrogens is 544 g/mol. The average Bonchev–Trinajstić information content (AvgIpc) is 3.42. The number of halogens is 2. The zero-order valence-corrected chi connectivity index (χ0v) is 23.0. The van der Waals surface area contributed by atoms with Crippen molar-refractivity contribution in [1.29, 1.82) is 5.26 Å². The van der Waals surface area contributed by atoms with E-state index in [4.69, 9.17) is 0 Å². The van der Waals surface area contributed by atoms with Gasteiger partial charge in [-0.15, -0.1) is 0 Å². The number of nitrogens with zero attached hydrogens (tertiary/aromatic N) is 3. The topological polar surface area (TPSA) is 123 Å². The molecule has 11 heteroatoms. The molecule has 4 amide bonds. The van der Waals surface area contributed by atoms with Gasteiger partial charge in [0, 0.05) is 36.5 Å². The molecule has 2 N–H and O–H groups in total. The molecule has 1 aliphatic rings. The molecule has 0 radical (unpaired) electrons. The van der Waals surface area contributed by atoms with Crippen molar-refractivity contribution in [3.8, 4) is 17.2 Å². The van der Waals surface area contributed by atoms with Crippen LogP contribution in [-0.2, 0) is 14.4 Å². The summed E-state index contributed by atoms with van der Waals surface area (Å²) in [5.74, 6) is -4.04. The minimum absolute atomic E-state index is 0.0367. The predicted molar refractivity (Wildman–Crippen MR) is 151 cm³/mol. The van der Waals surface area contributed by atoms with Crippen molar-refractivity contribution in [2.45, 2.75) is 25.4 Å². The monoisotopic (exact) mass is 573 g/mol. The van der Waals surface area contributed by atoms with Crippen molar-refractivity contribution in [3.63, 3.8) is 0 Å². The Labute approximate surface area is 241 Å². The third-order valence-corrected chi connectivity index (χ3v) is 7.02. The SMILES string of the molecule is CC(NC(=O)c1cccc(-c2ccc(F)cc2F)c1)C(=O)N(C)CC(=O)N1CC(C(=O)Nc2ccccc2)CC1C#N. The van der Waals surface area contributed by atoms with E-state index < -0.39 is 47.4 Å². The van der Waals surface area contributed by atoms with E-state index in [-0.39, 0.29) is 36.5 Å². The highest BCUT2D eigenvalue weighted by atomic mass is 19.1. The molecule has 1 heterocycles. The second kappa shape index (κ2) is 13.0. The van der Waals surface area contributed by atoms with Gasteiger partial charge in [0.25, 0.3) is 5.91 Å². The third kappa shape index (κ3) is 6.96. The smallest absolute Gasteiger partial charge is 0.251 e. The van der Waals surface area contributed by atoms with Crippen molar-refractivity contribution in [2.75, 3.05) is 25.5 Å². The summed E-state index contributed by atoms with van der Waals surface area (Å²) in [7, 11) is 1.40. The number of nitriles is 1. The van der Waals surface area contributed by atoms with Gasteiger partial charge in [0.15, 0.2) is 0 Å². The summed E-state index contributed by atoms with van der Waals surface area (Å²) in [6, 6.07) is 18.2. The van der Waals surface area contributed by atoms with Crippen LogP contribution in [0.2, 0.25) is 0 Å². The first kappa shape index (κ1) is 29.9. The number of nitrogens with one attached hydrogen (secondary N) is 2. The molecule has 3 aromatic rings. The molecule has 216 valence electrons. The van der Waals surface area contributed by atoms with Gasteiger partial charge < -0.3 is 20.4 Å². The number of likely N-dealkylation sites (tertiary alicyclic amines) is 1. The number of benzene rings is 3. The van der Waals surface area contributed by atoms with Crippen LogP contribution in [0.15, 0.2) is 72.8 Å². The maximum absolute atomic E-state index is 14.2. The fourth-order valence-corrected chi connectivity index (χ4v) is 4.79. The minimum Gasteiger partial charge on any atom is -0.341 e. The Morgan fingerprint density at radius 1 is 1.05 bits per heavy atom. The molecule has 0 saturated carbocycles. The lowest BCUT2D eigenvalue weighted by atomic mass is 10.0. The maximum atomic E-state index is 14.2. The van der Waals surface area contributed by atoms with Crippen LogP contribution >= 0.6 is 0 Å². The molecule has 0 bridgehead atoms. The lowest BCUT2D eigenvalue weighted by Gasteiger charge is -2.26.